The molecule has 100 valence electrons. The summed E-state index contributed by atoms with van der Waals surface area (Å²) in [5.74, 6) is -0.164. The molecular formula is C13H15BrN4O. The molecule has 1 aromatic carbocycles. The molecule has 0 radical (unpaired) electrons. The number of benzene rings is 1. The van der Waals surface area contributed by atoms with E-state index in [2.05, 4.69) is 26.3 Å². The summed E-state index contributed by atoms with van der Waals surface area (Å²) in [5, 5.41) is 6.92. The summed E-state index contributed by atoms with van der Waals surface area (Å²) in [6, 6.07) is 5.23. The van der Waals surface area contributed by atoms with Gasteiger partial charge < -0.3 is 11.1 Å². The zero-order valence-corrected chi connectivity index (χ0v) is 12.1. The fourth-order valence-electron chi connectivity index (χ4n) is 1.74. The summed E-state index contributed by atoms with van der Waals surface area (Å²) in [4.78, 5) is 12.0. The van der Waals surface area contributed by atoms with E-state index in [4.69, 9.17) is 5.73 Å². The molecule has 0 aliphatic heterocycles. The van der Waals surface area contributed by atoms with E-state index >= 15 is 0 Å². The first-order valence-corrected chi connectivity index (χ1v) is 6.66. The van der Waals surface area contributed by atoms with Crippen molar-refractivity contribution >= 4 is 27.5 Å². The Kier molecular flexibility index (Phi) is 4.21. The quantitative estimate of drug-likeness (QED) is 0.842. The summed E-state index contributed by atoms with van der Waals surface area (Å²) in [7, 11) is 1.87. The number of nitrogens with one attached hydrogen (secondary N) is 1. The van der Waals surface area contributed by atoms with Crippen LogP contribution in [0.5, 0.6) is 0 Å². The smallest absolute Gasteiger partial charge is 0.253 e. The van der Waals surface area contributed by atoms with Gasteiger partial charge in [-0.2, -0.15) is 5.10 Å². The number of aromatic nitrogens is 2. The van der Waals surface area contributed by atoms with E-state index in [0.29, 0.717) is 17.8 Å². The predicted molar refractivity (Wildman–Crippen MR) is 77.8 cm³/mol. The minimum Gasteiger partial charge on any atom is -0.398 e. The highest BCUT2D eigenvalue weighted by atomic mass is 79.9. The van der Waals surface area contributed by atoms with Crippen LogP contribution >= 0.6 is 15.9 Å². The number of halogens is 1. The standard InChI is InChI=1S/C13H15BrN4O/c1-18-8-9(7-17-18)4-5-16-13(19)11-6-10(14)2-3-12(11)15/h2-3,6-8H,4-5,15H2,1H3,(H,16,19). The Morgan fingerprint density at radius 1 is 1.53 bits per heavy atom. The van der Waals surface area contributed by atoms with Crippen LogP contribution in [0.25, 0.3) is 0 Å². The van der Waals surface area contributed by atoms with Crippen molar-refractivity contribution < 1.29 is 4.79 Å². The number of nitrogens with two attached hydrogens (primary N) is 1. The third-order valence-corrected chi connectivity index (χ3v) is 3.21. The van der Waals surface area contributed by atoms with Gasteiger partial charge >= 0.3 is 0 Å². The molecule has 0 spiro atoms. The molecule has 3 N–H and O–H groups in total. The molecule has 0 atom stereocenters. The molecule has 0 fully saturated rings. The van der Waals surface area contributed by atoms with Gasteiger partial charge in [0, 0.05) is 29.9 Å². The molecule has 0 saturated heterocycles. The number of amides is 1. The topological polar surface area (TPSA) is 72.9 Å². The molecule has 2 rings (SSSR count). The normalized spacial score (nSPS) is 10.4. The van der Waals surface area contributed by atoms with Crippen LogP contribution in [0.15, 0.2) is 35.1 Å². The average molecular weight is 323 g/mol. The van der Waals surface area contributed by atoms with Crippen LogP contribution in [0.3, 0.4) is 0 Å². The number of aryl methyl sites for hydroxylation is 1. The van der Waals surface area contributed by atoms with Crippen molar-refractivity contribution in [2.45, 2.75) is 6.42 Å². The van der Waals surface area contributed by atoms with E-state index in [0.717, 1.165) is 16.5 Å². The maximum atomic E-state index is 12.0. The Hall–Kier alpha value is -1.82. The van der Waals surface area contributed by atoms with Crippen LogP contribution in [-0.2, 0) is 13.5 Å². The lowest BCUT2D eigenvalue weighted by Crippen LogP contribution is -2.26. The fourth-order valence-corrected chi connectivity index (χ4v) is 2.10. The van der Waals surface area contributed by atoms with Gasteiger partial charge in [-0.15, -0.1) is 0 Å². The number of hydrogen-bond donors (Lipinski definition) is 2. The van der Waals surface area contributed by atoms with Gasteiger partial charge in [-0.05, 0) is 30.2 Å². The number of carbonyl (C=O) groups is 1. The zero-order valence-electron chi connectivity index (χ0n) is 10.6. The number of carbonyl (C=O) groups excluding carboxylic acids is 1. The van der Waals surface area contributed by atoms with E-state index in [1.807, 2.05) is 19.3 Å². The molecule has 0 aliphatic rings. The van der Waals surface area contributed by atoms with Crippen LogP contribution in [0, 0.1) is 0 Å². The zero-order chi connectivity index (χ0) is 13.8. The monoisotopic (exact) mass is 322 g/mol. The Balaban J connectivity index is 1.92. The lowest BCUT2D eigenvalue weighted by atomic mass is 10.1. The number of nitrogens with zero attached hydrogens (tertiary/aromatic N) is 2. The van der Waals surface area contributed by atoms with Gasteiger partial charge in [-0.25, -0.2) is 0 Å². The highest BCUT2D eigenvalue weighted by molar-refractivity contribution is 9.10. The van der Waals surface area contributed by atoms with Gasteiger partial charge in [0.25, 0.3) is 5.91 Å². The number of hydrogen-bond acceptors (Lipinski definition) is 3. The summed E-state index contributed by atoms with van der Waals surface area (Å²) in [6.45, 7) is 0.552. The number of rotatable bonds is 4. The van der Waals surface area contributed by atoms with E-state index in [1.165, 1.54) is 0 Å². The fraction of sp³-hybridized carbons (Fsp3) is 0.231. The Morgan fingerprint density at radius 2 is 2.32 bits per heavy atom. The molecule has 5 nitrogen and oxygen atoms in total. The molecule has 0 saturated carbocycles. The third kappa shape index (κ3) is 3.57. The van der Waals surface area contributed by atoms with Gasteiger partial charge in [-0.3, -0.25) is 9.48 Å². The molecule has 19 heavy (non-hydrogen) atoms. The lowest BCUT2D eigenvalue weighted by molar-refractivity contribution is 0.0955. The van der Waals surface area contributed by atoms with Crippen molar-refractivity contribution in [3.8, 4) is 0 Å². The van der Waals surface area contributed by atoms with Crippen molar-refractivity contribution in [3.63, 3.8) is 0 Å². The SMILES string of the molecule is Cn1cc(CCNC(=O)c2cc(Br)ccc2N)cn1. The van der Waals surface area contributed by atoms with Crippen LogP contribution in [0.2, 0.25) is 0 Å². The van der Waals surface area contributed by atoms with E-state index in [1.54, 1.807) is 23.0 Å². The van der Waals surface area contributed by atoms with Gasteiger partial charge in [0.15, 0.2) is 0 Å². The Bertz CT molecular complexity index is 594. The van der Waals surface area contributed by atoms with Crippen molar-refractivity contribution in [3.05, 3.63) is 46.2 Å². The molecule has 0 bridgehead atoms. The van der Waals surface area contributed by atoms with E-state index < -0.39 is 0 Å². The van der Waals surface area contributed by atoms with E-state index in [9.17, 15) is 4.79 Å². The minimum atomic E-state index is -0.164. The van der Waals surface area contributed by atoms with Crippen molar-refractivity contribution in [1.82, 2.24) is 15.1 Å². The van der Waals surface area contributed by atoms with Crippen molar-refractivity contribution in [2.24, 2.45) is 7.05 Å². The molecule has 6 heteroatoms. The summed E-state index contributed by atoms with van der Waals surface area (Å²) in [6.07, 6.45) is 4.47. The largest absolute Gasteiger partial charge is 0.398 e. The molecule has 1 heterocycles. The van der Waals surface area contributed by atoms with Gasteiger partial charge in [0.2, 0.25) is 0 Å². The first-order chi connectivity index (χ1) is 9.06. The molecular weight excluding hydrogens is 308 g/mol. The molecule has 1 amide bonds. The van der Waals surface area contributed by atoms with Crippen molar-refractivity contribution in [2.75, 3.05) is 12.3 Å². The lowest BCUT2D eigenvalue weighted by Gasteiger charge is -2.07. The van der Waals surface area contributed by atoms with Crippen LogP contribution in [-0.4, -0.2) is 22.2 Å². The van der Waals surface area contributed by atoms with Gasteiger partial charge in [0.05, 0.1) is 11.8 Å². The maximum Gasteiger partial charge on any atom is 0.253 e. The summed E-state index contributed by atoms with van der Waals surface area (Å²) in [5.41, 5.74) is 7.83. The first-order valence-electron chi connectivity index (χ1n) is 5.87. The molecule has 1 aromatic heterocycles. The van der Waals surface area contributed by atoms with Gasteiger partial charge in [-0.1, -0.05) is 15.9 Å². The summed E-state index contributed by atoms with van der Waals surface area (Å²) < 4.78 is 2.57. The van der Waals surface area contributed by atoms with Crippen LogP contribution < -0.4 is 11.1 Å². The Morgan fingerprint density at radius 3 is 3.00 bits per heavy atom. The van der Waals surface area contributed by atoms with Crippen LogP contribution in [0.4, 0.5) is 5.69 Å². The third-order valence-electron chi connectivity index (χ3n) is 2.72. The highest BCUT2D eigenvalue weighted by Crippen LogP contribution is 2.18. The van der Waals surface area contributed by atoms with Gasteiger partial charge in [0.1, 0.15) is 0 Å². The number of anilines is 1. The van der Waals surface area contributed by atoms with E-state index in [-0.39, 0.29) is 5.91 Å². The first kappa shape index (κ1) is 13.6. The molecule has 0 aliphatic carbocycles. The minimum absolute atomic E-state index is 0.164. The van der Waals surface area contributed by atoms with Crippen molar-refractivity contribution in [1.29, 1.82) is 0 Å². The summed E-state index contributed by atoms with van der Waals surface area (Å²) >= 11 is 3.33. The maximum absolute atomic E-state index is 12.0. The highest BCUT2D eigenvalue weighted by Gasteiger charge is 2.09. The molecule has 0 unspecified atom stereocenters. The molecule has 2 aromatic rings. The second-order valence-corrected chi connectivity index (χ2v) is 5.18. The Labute approximate surface area is 119 Å². The second-order valence-electron chi connectivity index (χ2n) is 4.26. The average Bonchev–Trinajstić information content (AvgIpc) is 2.78. The predicted octanol–water partition coefficient (Wildman–Crippen LogP) is 1.74. The number of nitrogen functional groups attached to an aromatic ring is 1. The second kappa shape index (κ2) is 5.88. The van der Waals surface area contributed by atoms with Crippen LogP contribution in [0.1, 0.15) is 15.9 Å².